The Balaban J connectivity index is 2.09. The molecular formula is C20H20N2O6S. The van der Waals surface area contributed by atoms with E-state index in [1.54, 1.807) is 25.1 Å². The highest BCUT2D eigenvalue weighted by atomic mass is 32.2. The van der Waals surface area contributed by atoms with Gasteiger partial charge >= 0.3 is 12.0 Å². The Morgan fingerprint density at radius 3 is 2.38 bits per heavy atom. The highest BCUT2D eigenvalue weighted by Gasteiger charge is 2.35. The van der Waals surface area contributed by atoms with Crippen LogP contribution in [0, 0.1) is 0 Å². The van der Waals surface area contributed by atoms with E-state index in [4.69, 9.17) is 4.74 Å². The Bertz CT molecular complexity index is 1050. The van der Waals surface area contributed by atoms with Crippen molar-refractivity contribution in [1.29, 1.82) is 0 Å². The largest absolute Gasteiger partial charge is 0.508 e. The lowest BCUT2D eigenvalue weighted by atomic mass is 9.95. The predicted molar refractivity (Wildman–Crippen MR) is 105 cm³/mol. The Morgan fingerprint density at radius 1 is 1.10 bits per heavy atom. The summed E-state index contributed by atoms with van der Waals surface area (Å²) in [5, 5.41) is 14.6. The number of hydrogen-bond donors (Lipinski definition) is 3. The van der Waals surface area contributed by atoms with Gasteiger partial charge in [0.1, 0.15) is 5.75 Å². The second-order valence-corrected chi connectivity index (χ2v) is 8.30. The minimum absolute atomic E-state index is 0.00311. The number of carbonyl (C=O) groups excluding carboxylic acids is 2. The molecule has 0 aliphatic carbocycles. The third kappa shape index (κ3) is 4.57. The van der Waals surface area contributed by atoms with Crippen LogP contribution in [0.3, 0.4) is 0 Å². The maximum atomic E-state index is 12.8. The van der Waals surface area contributed by atoms with E-state index in [-0.39, 0.29) is 28.5 Å². The maximum absolute atomic E-state index is 12.8. The van der Waals surface area contributed by atoms with Gasteiger partial charge in [-0.15, -0.1) is 0 Å². The van der Waals surface area contributed by atoms with E-state index in [1.165, 1.54) is 36.4 Å². The highest BCUT2D eigenvalue weighted by molar-refractivity contribution is 7.91. The van der Waals surface area contributed by atoms with Crippen molar-refractivity contribution in [1.82, 2.24) is 10.6 Å². The van der Waals surface area contributed by atoms with Gasteiger partial charge in [0.2, 0.25) is 0 Å². The Morgan fingerprint density at radius 2 is 1.76 bits per heavy atom. The van der Waals surface area contributed by atoms with Crippen molar-refractivity contribution in [2.24, 2.45) is 0 Å². The number of benzene rings is 2. The average molecular weight is 416 g/mol. The molecule has 0 aromatic heterocycles. The van der Waals surface area contributed by atoms with Gasteiger partial charge in [0.15, 0.2) is 9.84 Å². The summed E-state index contributed by atoms with van der Waals surface area (Å²) < 4.78 is 30.8. The van der Waals surface area contributed by atoms with Gasteiger partial charge < -0.3 is 20.5 Å². The van der Waals surface area contributed by atoms with Crippen molar-refractivity contribution in [3.63, 3.8) is 0 Å². The molecule has 1 aliphatic rings. The first kappa shape index (κ1) is 20.4. The lowest BCUT2D eigenvalue weighted by Crippen LogP contribution is -2.47. The minimum Gasteiger partial charge on any atom is -0.508 e. The molecule has 0 radical (unpaired) electrons. The normalized spacial score (nSPS) is 16.7. The number of phenolic OH excluding ortho intramolecular Hbond substituents is 1. The van der Waals surface area contributed by atoms with Crippen molar-refractivity contribution in [2.75, 3.05) is 12.4 Å². The average Bonchev–Trinajstić information content (AvgIpc) is 2.68. The molecule has 29 heavy (non-hydrogen) atoms. The summed E-state index contributed by atoms with van der Waals surface area (Å²) in [4.78, 5) is 25.0. The molecule has 1 aliphatic heterocycles. The number of ether oxygens (including phenoxy) is 1. The third-order valence-corrected chi connectivity index (χ3v) is 5.97. The zero-order valence-electron chi connectivity index (χ0n) is 15.6. The van der Waals surface area contributed by atoms with E-state index in [2.05, 4.69) is 10.6 Å². The molecule has 1 unspecified atom stereocenters. The number of sulfone groups is 1. The van der Waals surface area contributed by atoms with Crippen LogP contribution < -0.4 is 10.6 Å². The molecule has 152 valence electrons. The van der Waals surface area contributed by atoms with Crippen molar-refractivity contribution < 1.29 is 27.9 Å². The van der Waals surface area contributed by atoms with Crippen LogP contribution in [0.4, 0.5) is 4.79 Å². The number of urea groups is 1. The molecule has 2 amide bonds. The molecule has 2 aromatic rings. The van der Waals surface area contributed by atoms with Crippen LogP contribution in [0.2, 0.25) is 0 Å². The molecule has 8 nitrogen and oxygen atoms in total. The Kier molecular flexibility index (Phi) is 5.88. The van der Waals surface area contributed by atoms with Gasteiger partial charge in [0.25, 0.3) is 0 Å². The molecule has 1 heterocycles. The summed E-state index contributed by atoms with van der Waals surface area (Å²) in [5.41, 5.74) is 0.445. The van der Waals surface area contributed by atoms with Gasteiger partial charge in [-0.25, -0.2) is 18.0 Å². The highest BCUT2D eigenvalue weighted by Crippen LogP contribution is 2.30. The number of carbonyl (C=O) groups is 2. The zero-order chi connectivity index (χ0) is 21.0. The molecule has 0 bridgehead atoms. The van der Waals surface area contributed by atoms with Crippen LogP contribution >= 0.6 is 0 Å². The number of nitrogens with one attached hydrogen (secondary N) is 2. The third-order valence-electron chi connectivity index (χ3n) is 4.31. The van der Waals surface area contributed by atoms with E-state index in [0.29, 0.717) is 5.56 Å². The summed E-state index contributed by atoms with van der Waals surface area (Å²) in [5.74, 6) is -1.30. The van der Waals surface area contributed by atoms with Crippen LogP contribution in [0.25, 0.3) is 0 Å². The molecule has 0 fully saturated rings. The number of aromatic hydroxyl groups is 1. The molecule has 0 saturated heterocycles. The van der Waals surface area contributed by atoms with Gasteiger partial charge in [0.05, 0.1) is 28.9 Å². The van der Waals surface area contributed by atoms with E-state index < -0.39 is 33.6 Å². The monoisotopic (exact) mass is 416 g/mol. The molecule has 3 rings (SSSR count). The SMILES string of the molecule is CCOC(=O)C1=C(CS(=O)(=O)c2ccccc2)NC(=O)NC1c1ccc(O)cc1. The van der Waals surface area contributed by atoms with Gasteiger partial charge in [-0.05, 0) is 36.8 Å². The molecule has 0 saturated carbocycles. The van der Waals surface area contributed by atoms with Gasteiger partial charge in [-0.1, -0.05) is 30.3 Å². The number of esters is 1. The first-order valence-electron chi connectivity index (χ1n) is 8.86. The topological polar surface area (TPSA) is 122 Å². The number of hydrogen-bond acceptors (Lipinski definition) is 6. The lowest BCUT2D eigenvalue weighted by Gasteiger charge is -2.29. The number of rotatable bonds is 6. The van der Waals surface area contributed by atoms with Crippen molar-refractivity contribution in [3.8, 4) is 5.75 Å². The second kappa shape index (κ2) is 8.36. The fraction of sp³-hybridized carbons (Fsp3) is 0.200. The van der Waals surface area contributed by atoms with Crippen LogP contribution in [0.15, 0.2) is 70.8 Å². The minimum atomic E-state index is -3.83. The molecule has 3 N–H and O–H groups in total. The molecule has 0 spiro atoms. The van der Waals surface area contributed by atoms with Crippen LogP contribution in [0.5, 0.6) is 5.75 Å². The van der Waals surface area contributed by atoms with Gasteiger partial charge in [-0.3, -0.25) is 0 Å². The fourth-order valence-electron chi connectivity index (χ4n) is 3.00. The summed E-state index contributed by atoms with van der Waals surface area (Å²) in [6, 6.07) is 12.1. The lowest BCUT2D eigenvalue weighted by molar-refractivity contribution is -0.139. The van der Waals surface area contributed by atoms with E-state index >= 15 is 0 Å². The standard InChI is InChI=1S/C20H20N2O6S/c1-2-28-19(24)17-16(12-29(26,27)15-6-4-3-5-7-15)21-20(25)22-18(17)13-8-10-14(23)11-9-13/h3-11,18,23H,2,12H2,1H3,(H2,21,22,25). The van der Waals surface area contributed by atoms with Crippen LogP contribution in [-0.2, 0) is 19.4 Å². The Labute approximate surface area is 168 Å². The summed E-state index contributed by atoms with van der Waals surface area (Å²) in [6.45, 7) is 1.71. The second-order valence-electron chi connectivity index (χ2n) is 6.31. The van der Waals surface area contributed by atoms with Crippen LogP contribution in [-0.4, -0.2) is 37.9 Å². The fourth-order valence-corrected chi connectivity index (χ4v) is 4.35. The number of amides is 2. The Hall–Kier alpha value is -3.33. The molecule has 9 heteroatoms. The van der Waals surface area contributed by atoms with E-state index in [0.717, 1.165) is 0 Å². The first-order chi connectivity index (χ1) is 13.8. The van der Waals surface area contributed by atoms with Gasteiger partial charge in [-0.2, -0.15) is 0 Å². The first-order valence-corrected chi connectivity index (χ1v) is 10.5. The van der Waals surface area contributed by atoms with E-state index in [1.807, 2.05) is 0 Å². The predicted octanol–water partition coefficient (Wildman–Crippen LogP) is 2.04. The van der Waals surface area contributed by atoms with Crippen molar-refractivity contribution in [2.45, 2.75) is 17.9 Å². The molecule has 1 atom stereocenters. The number of phenols is 1. The quantitative estimate of drug-likeness (QED) is 0.620. The molecular weight excluding hydrogens is 396 g/mol. The summed E-state index contributed by atoms with van der Waals surface area (Å²) in [6.07, 6.45) is 0. The maximum Gasteiger partial charge on any atom is 0.338 e. The van der Waals surface area contributed by atoms with Crippen LogP contribution in [0.1, 0.15) is 18.5 Å². The summed E-state index contributed by atoms with van der Waals surface area (Å²) in [7, 11) is -3.83. The van der Waals surface area contributed by atoms with Crippen molar-refractivity contribution >= 4 is 21.8 Å². The zero-order valence-corrected chi connectivity index (χ0v) is 16.4. The smallest absolute Gasteiger partial charge is 0.338 e. The van der Waals surface area contributed by atoms with E-state index in [9.17, 15) is 23.1 Å². The van der Waals surface area contributed by atoms with Gasteiger partial charge in [0, 0.05) is 5.70 Å². The summed E-state index contributed by atoms with van der Waals surface area (Å²) >= 11 is 0. The van der Waals surface area contributed by atoms with Crippen molar-refractivity contribution in [3.05, 3.63) is 71.4 Å². The molecule has 2 aromatic carbocycles.